The maximum absolute atomic E-state index is 11.6. The van der Waals surface area contributed by atoms with E-state index >= 15 is 0 Å². The first-order valence-corrected chi connectivity index (χ1v) is 8.84. The number of aromatic nitrogens is 1. The molecule has 26 heavy (non-hydrogen) atoms. The van der Waals surface area contributed by atoms with Gasteiger partial charge in [0.1, 0.15) is 22.9 Å². The lowest BCUT2D eigenvalue weighted by Crippen LogP contribution is -2.53. The number of hydrogen-bond acceptors (Lipinski definition) is 6. The zero-order valence-electron chi connectivity index (χ0n) is 15.2. The lowest BCUT2D eigenvalue weighted by Gasteiger charge is -2.42. The van der Waals surface area contributed by atoms with E-state index in [1.165, 1.54) is 0 Å². The molecule has 1 atom stereocenters. The fraction of sp³-hybridized carbons (Fsp3) is 0.474. The van der Waals surface area contributed by atoms with E-state index in [2.05, 4.69) is 9.88 Å². The molecule has 1 aliphatic heterocycles. The molecule has 1 saturated heterocycles. The molecule has 0 amide bonds. The van der Waals surface area contributed by atoms with Crippen molar-refractivity contribution >= 4 is 11.8 Å². The highest BCUT2D eigenvalue weighted by molar-refractivity contribution is 5.93. The Bertz CT molecular complexity index is 774. The number of anilines is 1. The third-order valence-corrected chi connectivity index (χ3v) is 4.77. The molecule has 1 aliphatic rings. The number of carbonyl (C=O) groups is 1. The standard InChI is InChI=1S/C19H25N3O4/c1-13-3-6-17(19(24)25)18(20-13)22-9-8-21(15(11-22)7-10-23)12-16-5-4-14(2)26-16/h3-6,15,23H,7-12H2,1-2H3,(H,24,25)/t15-/m0/s1. The van der Waals surface area contributed by atoms with Gasteiger partial charge in [0.05, 0.1) is 6.54 Å². The Hall–Kier alpha value is -2.38. The van der Waals surface area contributed by atoms with E-state index in [1.807, 2.05) is 30.9 Å². The van der Waals surface area contributed by atoms with Gasteiger partial charge in [0.25, 0.3) is 0 Å². The molecule has 0 bridgehead atoms. The number of hydrogen-bond donors (Lipinski definition) is 2. The Morgan fingerprint density at radius 2 is 2.08 bits per heavy atom. The molecular formula is C19H25N3O4. The summed E-state index contributed by atoms with van der Waals surface area (Å²) in [5, 5.41) is 18.9. The van der Waals surface area contributed by atoms with E-state index in [4.69, 9.17) is 4.42 Å². The van der Waals surface area contributed by atoms with Gasteiger partial charge in [-0.1, -0.05) is 0 Å². The fourth-order valence-electron chi connectivity index (χ4n) is 3.44. The predicted octanol–water partition coefficient (Wildman–Crippen LogP) is 2.06. The largest absolute Gasteiger partial charge is 0.478 e. The minimum Gasteiger partial charge on any atom is -0.478 e. The van der Waals surface area contributed by atoms with E-state index in [-0.39, 0.29) is 18.2 Å². The minimum absolute atomic E-state index is 0.0826. The number of piperazine rings is 1. The summed E-state index contributed by atoms with van der Waals surface area (Å²) in [4.78, 5) is 20.3. The molecule has 2 N–H and O–H groups in total. The van der Waals surface area contributed by atoms with Gasteiger partial charge in [-0.05, 0) is 44.5 Å². The average Bonchev–Trinajstić information content (AvgIpc) is 3.01. The van der Waals surface area contributed by atoms with Crippen molar-refractivity contribution in [3.8, 4) is 0 Å². The van der Waals surface area contributed by atoms with Crippen molar-refractivity contribution in [3.63, 3.8) is 0 Å². The van der Waals surface area contributed by atoms with Crippen LogP contribution >= 0.6 is 0 Å². The molecule has 0 saturated carbocycles. The van der Waals surface area contributed by atoms with Crippen LogP contribution in [-0.2, 0) is 6.54 Å². The minimum atomic E-state index is -0.973. The number of aliphatic hydroxyl groups is 1. The maximum Gasteiger partial charge on any atom is 0.339 e. The first kappa shape index (κ1) is 18.4. The Balaban J connectivity index is 1.79. The molecule has 0 unspecified atom stereocenters. The maximum atomic E-state index is 11.6. The Morgan fingerprint density at radius 3 is 2.73 bits per heavy atom. The molecule has 3 rings (SSSR count). The second kappa shape index (κ2) is 7.88. The van der Waals surface area contributed by atoms with Gasteiger partial charge in [-0.15, -0.1) is 0 Å². The van der Waals surface area contributed by atoms with Crippen LogP contribution in [0.3, 0.4) is 0 Å². The van der Waals surface area contributed by atoms with Gasteiger partial charge >= 0.3 is 5.97 Å². The number of aliphatic hydroxyl groups excluding tert-OH is 1. The second-order valence-electron chi connectivity index (χ2n) is 6.72. The Morgan fingerprint density at radius 1 is 1.27 bits per heavy atom. The van der Waals surface area contributed by atoms with Gasteiger partial charge in [0.15, 0.2) is 0 Å². The van der Waals surface area contributed by atoms with E-state index < -0.39 is 5.97 Å². The van der Waals surface area contributed by atoms with Gasteiger partial charge in [-0.25, -0.2) is 9.78 Å². The average molecular weight is 359 g/mol. The van der Waals surface area contributed by atoms with Crippen molar-refractivity contribution in [1.82, 2.24) is 9.88 Å². The summed E-state index contributed by atoms with van der Waals surface area (Å²) in [5.74, 6) is 1.32. The lowest BCUT2D eigenvalue weighted by molar-refractivity contribution is 0.0696. The number of furan rings is 1. The highest BCUT2D eigenvalue weighted by atomic mass is 16.4. The van der Waals surface area contributed by atoms with E-state index in [9.17, 15) is 15.0 Å². The molecule has 2 aromatic rings. The first-order chi connectivity index (χ1) is 12.5. The molecule has 0 aromatic carbocycles. The SMILES string of the molecule is Cc1ccc(C(=O)O)c(N2CCN(Cc3ccc(C)o3)[C@@H](CCO)C2)n1. The van der Waals surface area contributed by atoms with Crippen LogP contribution in [0, 0.1) is 13.8 Å². The zero-order valence-corrected chi connectivity index (χ0v) is 15.2. The van der Waals surface area contributed by atoms with Crippen molar-refractivity contribution in [2.24, 2.45) is 0 Å². The second-order valence-corrected chi connectivity index (χ2v) is 6.72. The van der Waals surface area contributed by atoms with Crippen LogP contribution in [0.2, 0.25) is 0 Å². The van der Waals surface area contributed by atoms with Crippen molar-refractivity contribution in [2.75, 3.05) is 31.1 Å². The van der Waals surface area contributed by atoms with Gasteiger partial charge < -0.3 is 19.5 Å². The predicted molar refractivity (Wildman–Crippen MR) is 97.5 cm³/mol. The fourth-order valence-corrected chi connectivity index (χ4v) is 3.44. The van der Waals surface area contributed by atoms with Crippen LogP contribution in [0.25, 0.3) is 0 Å². The van der Waals surface area contributed by atoms with Gasteiger partial charge in [-0.2, -0.15) is 0 Å². The van der Waals surface area contributed by atoms with Crippen LogP contribution in [0.1, 0.15) is 34.0 Å². The number of carboxylic acids is 1. The summed E-state index contributed by atoms with van der Waals surface area (Å²) in [7, 11) is 0. The molecule has 0 radical (unpaired) electrons. The van der Waals surface area contributed by atoms with Crippen LogP contribution in [0.15, 0.2) is 28.7 Å². The van der Waals surface area contributed by atoms with E-state index in [0.717, 1.165) is 23.8 Å². The Kier molecular flexibility index (Phi) is 5.58. The number of aromatic carboxylic acids is 1. The molecule has 0 spiro atoms. The monoisotopic (exact) mass is 359 g/mol. The quantitative estimate of drug-likeness (QED) is 0.816. The van der Waals surface area contributed by atoms with Crippen molar-refractivity contribution < 1.29 is 19.4 Å². The van der Waals surface area contributed by atoms with Gasteiger partial charge in [0, 0.05) is 38.0 Å². The molecule has 7 nitrogen and oxygen atoms in total. The van der Waals surface area contributed by atoms with Gasteiger partial charge in [-0.3, -0.25) is 4.90 Å². The van der Waals surface area contributed by atoms with Crippen LogP contribution in [0.5, 0.6) is 0 Å². The van der Waals surface area contributed by atoms with Crippen molar-refractivity contribution in [1.29, 1.82) is 0 Å². The van der Waals surface area contributed by atoms with Crippen LogP contribution in [-0.4, -0.2) is 58.3 Å². The normalized spacial score (nSPS) is 18.3. The van der Waals surface area contributed by atoms with E-state index in [1.54, 1.807) is 12.1 Å². The summed E-state index contributed by atoms with van der Waals surface area (Å²) >= 11 is 0. The molecule has 1 fully saturated rings. The van der Waals surface area contributed by atoms with Crippen molar-refractivity contribution in [2.45, 2.75) is 32.9 Å². The number of rotatable bonds is 6. The highest BCUT2D eigenvalue weighted by Gasteiger charge is 2.30. The van der Waals surface area contributed by atoms with Crippen LogP contribution in [0.4, 0.5) is 5.82 Å². The first-order valence-electron chi connectivity index (χ1n) is 8.84. The lowest BCUT2D eigenvalue weighted by atomic mass is 10.1. The number of carboxylic acid groups (broad SMARTS) is 1. The molecule has 0 aliphatic carbocycles. The topological polar surface area (TPSA) is 90.0 Å². The number of nitrogens with zero attached hydrogens (tertiary/aromatic N) is 3. The molecule has 3 heterocycles. The third-order valence-electron chi connectivity index (χ3n) is 4.77. The Labute approximate surface area is 152 Å². The van der Waals surface area contributed by atoms with Gasteiger partial charge in [0.2, 0.25) is 0 Å². The van der Waals surface area contributed by atoms with E-state index in [0.29, 0.717) is 31.9 Å². The third kappa shape index (κ3) is 4.05. The molecule has 140 valence electrons. The summed E-state index contributed by atoms with van der Waals surface area (Å²) in [6.07, 6.45) is 0.615. The van der Waals surface area contributed by atoms with Crippen LogP contribution < -0.4 is 4.90 Å². The molecular weight excluding hydrogens is 334 g/mol. The highest BCUT2D eigenvalue weighted by Crippen LogP contribution is 2.24. The summed E-state index contributed by atoms with van der Waals surface area (Å²) in [6.45, 7) is 6.59. The van der Waals surface area contributed by atoms with Crippen molar-refractivity contribution in [3.05, 3.63) is 47.0 Å². The number of aryl methyl sites for hydroxylation is 2. The summed E-state index contributed by atoms with van der Waals surface area (Å²) in [6, 6.07) is 7.35. The number of pyridine rings is 1. The zero-order chi connectivity index (χ0) is 18.7. The smallest absolute Gasteiger partial charge is 0.339 e. The molecule has 2 aromatic heterocycles. The summed E-state index contributed by atoms with van der Waals surface area (Å²) in [5.41, 5.74) is 1.01. The molecule has 7 heteroatoms. The summed E-state index contributed by atoms with van der Waals surface area (Å²) < 4.78 is 5.68.